The first-order valence-electron chi connectivity index (χ1n) is 8.82. The summed E-state index contributed by atoms with van der Waals surface area (Å²) in [6.07, 6.45) is 1.25. The highest BCUT2D eigenvalue weighted by Crippen LogP contribution is 2.30. The van der Waals surface area contributed by atoms with Crippen LogP contribution >= 0.6 is 34.7 Å². The van der Waals surface area contributed by atoms with Crippen LogP contribution in [0.25, 0.3) is 0 Å². The van der Waals surface area contributed by atoms with Crippen molar-refractivity contribution in [2.24, 2.45) is 5.92 Å². The fourth-order valence-corrected chi connectivity index (χ4v) is 6.48. The molecule has 1 aromatic heterocycles. The van der Waals surface area contributed by atoms with Crippen LogP contribution in [0.15, 0.2) is 33.5 Å². The number of rotatable bonds is 6. The lowest BCUT2D eigenvalue weighted by molar-refractivity contribution is -0.120. The number of carbonyl (C=O) groups is 1. The zero-order chi connectivity index (χ0) is 20.3. The Bertz CT molecular complexity index is 931. The molecule has 0 radical (unpaired) electrons. The normalized spacial score (nSPS) is 18.4. The highest BCUT2D eigenvalue weighted by molar-refractivity contribution is 8.01. The van der Waals surface area contributed by atoms with Crippen molar-refractivity contribution in [2.45, 2.75) is 41.2 Å². The van der Waals surface area contributed by atoms with Crippen molar-refractivity contribution >= 4 is 55.8 Å². The zero-order valence-corrected chi connectivity index (χ0v) is 18.7. The molecule has 1 fully saturated rings. The summed E-state index contributed by atoms with van der Waals surface area (Å²) in [6, 6.07) is 6.06. The Morgan fingerprint density at radius 1 is 1.32 bits per heavy atom. The summed E-state index contributed by atoms with van der Waals surface area (Å²) in [7, 11) is -3.66. The van der Waals surface area contributed by atoms with Crippen LogP contribution in [-0.2, 0) is 14.8 Å². The fourth-order valence-electron chi connectivity index (χ4n) is 2.85. The Morgan fingerprint density at radius 2 is 2.04 bits per heavy atom. The van der Waals surface area contributed by atoms with Crippen LogP contribution in [0.2, 0.25) is 5.02 Å². The van der Waals surface area contributed by atoms with Gasteiger partial charge in [-0.3, -0.25) is 4.79 Å². The molecule has 7 nitrogen and oxygen atoms in total. The molecule has 1 aliphatic heterocycles. The SMILES string of the molecule is CC(C)Sc1nnc(NC(=O)C2CCCN(S(=O)(=O)c3ccc(Cl)cc3)C2)s1. The first-order chi connectivity index (χ1) is 13.3. The minimum Gasteiger partial charge on any atom is -0.300 e. The summed E-state index contributed by atoms with van der Waals surface area (Å²) in [5.41, 5.74) is 0. The number of aromatic nitrogens is 2. The molecule has 1 amide bonds. The van der Waals surface area contributed by atoms with E-state index in [9.17, 15) is 13.2 Å². The number of thioether (sulfide) groups is 1. The van der Waals surface area contributed by atoms with Gasteiger partial charge in [0.25, 0.3) is 0 Å². The van der Waals surface area contributed by atoms with E-state index in [-0.39, 0.29) is 17.3 Å². The Labute approximate surface area is 177 Å². The number of halogens is 1. The van der Waals surface area contributed by atoms with Crippen LogP contribution in [0.1, 0.15) is 26.7 Å². The minimum atomic E-state index is -3.66. The number of anilines is 1. The van der Waals surface area contributed by atoms with Crippen molar-refractivity contribution < 1.29 is 13.2 Å². The van der Waals surface area contributed by atoms with Crippen LogP contribution in [0.4, 0.5) is 5.13 Å². The van der Waals surface area contributed by atoms with Crippen molar-refractivity contribution in [3.63, 3.8) is 0 Å². The number of sulfonamides is 1. The van der Waals surface area contributed by atoms with E-state index < -0.39 is 15.9 Å². The van der Waals surface area contributed by atoms with Crippen molar-refractivity contribution in [2.75, 3.05) is 18.4 Å². The van der Waals surface area contributed by atoms with Crippen LogP contribution in [0, 0.1) is 5.92 Å². The zero-order valence-electron chi connectivity index (χ0n) is 15.5. The van der Waals surface area contributed by atoms with Gasteiger partial charge < -0.3 is 5.32 Å². The number of piperidine rings is 1. The van der Waals surface area contributed by atoms with E-state index >= 15 is 0 Å². The molecule has 1 saturated heterocycles. The third-order valence-electron chi connectivity index (χ3n) is 4.18. The predicted molar refractivity (Wildman–Crippen MR) is 112 cm³/mol. The largest absolute Gasteiger partial charge is 0.300 e. The Balaban J connectivity index is 1.66. The second-order valence-electron chi connectivity index (χ2n) is 6.69. The summed E-state index contributed by atoms with van der Waals surface area (Å²) in [6.45, 7) is 4.65. The van der Waals surface area contributed by atoms with Crippen LogP contribution < -0.4 is 5.32 Å². The third-order valence-corrected chi connectivity index (χ3v) is 8.24. The molecule has 0 aliphatic carbocycles. The maximum atomic E-state index is 12.9. The molecule has 11 heteroatoms. The van der Waals surface area contributed by atoms with Gasteiger partial charge in [0.05, 0.1) is 10.8 Å². The van der Waals surface area contributed by atoms with E-state index in [4.69, 9.17) is 11.6 Å². The Kier molecular flexibility index (Phi) is 6.98. The lowest BCUT2D eigenvalue weighted by atomic mass is 9.99. The standard InChI is InChI=1S/C17H21ClN4O3S3/c1-11(2)26-17-21-20-16(27-17)19-15(23)12-4-3-9-22(10-12)28(24,25)14-7-5-13(18)6-8-14/h5-8,11-12H,3-4,9-10H2,1-2H3,(H,19,20,23). The van der Waals surface area contributed by atoms with E-state index in [1.165, 1.54) is 27.8 Å². The lowest BCUT2D eigenvalue weighted by Crippen LogP contribution is -2.43. The lowest BCUT2D eigenvalue weighted by Gasteiger charge is -2.31. The molecule has 2 heterocycles. The summed E-state index contributed by atoms with van der Waals surface area (Å²) in [5.74, 6) is -0.658. The fraction of sp³-hybridized carbons (Fsp3) is 0.471. The molecule has 152 valence electrons. The number of benzene rings is 1. The van der Waals surface area contributed by atoms with E-state index in [2.05, 4.69) is 29.4 Å². The van der Waals surface area contributed by atoms with E-state index in [1.807, 2.05) is 0 Å². The number of nitrogens with one attached hydrogen (secondary N) is 1. The molecular weight excluding hydrogens is 440 g/mol. The van der Waals surface area contributed by atoms with Gasteiger partial charge in [-0.25, -0.2) is 8.42 Å². The third kappa shape index (κ3) is 5.24. The molecule has 28 heavy (non-hydrogen) atoms. The van der Waals surface area contributed by atoms with Gasteiger partial charge in [0.2, 0.25) is 21.1 Å². The van der Waals surface area contributed by atoms with E-state index in [0.717, 1.165) is 4.34 Å². The van der Waals surface area contributed by atoms with Gasteiger partial charge in [-0.1, -0.05) is 48.5 Å². The van der Waals surface area contributed by atoms with Crippen molar-refractivity contribution in [1.29, 1.82) is 0 Å². The molecule has 0 bridgehead atoms. The molecule has 1 atom stereocenters. The van der Waals surface area contributed by atoms with E-state index in [0.29, 0.717) is 34.8 Å². The van der Waals surface area contributed by atoms with Gasteiger partial charge in [-0.05, 0) is 37.1 Å². The predicted octanol–water partition coefficient (Wildman–Crippen LogP) is 3.73. The van der Waals surface area contributed by atoms with Crippen molar-refractivity contribution in [3.8, 4) is 0 Å². The summed E-state index contributed by atoms with van der Waals surface area (Å²) < 4.78 is 27.9. The number of hydrogen-bond donors (Lipinski definition) is 1. The molecule has 1 aliphatic rings. The van der Waals surface area contributed by atoms with Gasteiger partial charge in [0, 0.05) is 23.4 Å². The molecule has 1 unspecified atom stereocenters. The molecular formula is C17H21ClN4O3S3. The molecule has 2 aromatic rings. The smallest absolute Gasteiger partial charge is 0.243 e. The monoisotopic (exact) mass is 460 g/mol. The molecule has 0 saturated carbocycles. The second-order valence-corrected chi connectivity index (χ2v) is 11.9. The van der Waals surface area contributed by atoms with Gasteiger partial charge in [-0.2, -0.15) is 4.31 Å². The molecule has 0 spiro atoms. The number of carbonyl (C=O) groups excluding carboxylic acids is 1. The average molecular weight is 461 g/mol. The van der Waals surface area contributed by atoms with E-state index in [1.54, 1.807) is 23.9 Å². The second kappa shape index (κ2) is 9.08. The highest BCUT2D eigenvalue weighted by atomic mass is 35.5. The summed E-state index contributed by atoms with van der Waals surface area (Å²) in [5, 5.41) is 12.1. The molecule has 1 N–H and O–H groups in total. The number of hydrogen-bond acceptors (Lipinski definition) is 7. The summed E-state index contributed by atoms with van der Waals surface area (Å²) in [4.78, 5) is 12.8. The van der Waals surface area contributed by atoms with Crippen LogP contribution in [0.5, 0.6) is 0 Å². The quantitative estimate of drug-likeness (QED) is 0.521. The maximum Gasteiger partial charge on any atom is 0.243 e. The number of nitrogens with zero attached hydrogens (tertiary/aromatic N) is 3. The molecule has 1 aromatic carbocycles. The Hall–Kier alpha value is -1.20. The van der Waals surface area contributed by atoms with Gasteiger partial charge in [0.15, 0.2) is 4.34 Å². The number of amides is 1. The topological polar surface area (TPSA) is 92.3 Å². The van der Waals surface area contributed by atoms with Crippen molar-refractivity contribution in [3.05, 3.63) is 29.3 Å². The van der Waals surface area contributed by atoms with Gasteiger partial charge in [0.1, 0.15) is 0 Å². The van der Waals surface area contributed by atoms with Gasteiger partial charge >= 0.3 is 0 Å². The average Bonchev–Trinajstić information content (AvgIpc) is 3.08. The first kappa shape index (κ1) is 21.5. The highest BCUT2D eigenvalue weighted by Gasteiger charge is 2.33. The minimum absolute atomic E-state index is 0.142. The van der Waals surface area contributed by atoms with Crippen LogP contribution in [-0.4, -0.2) is 47.2 Å². The molecule has 3 rings (SSSR count). The van der Waals surface area contributed by atoms with Crippen molar-refractivity contribution in [1.82, 2.24) is 14.5 Å². The van der Waals surface area contributed by atoms with Crippen LogP contribution in [0.3, 0.4) is 0 Å². The Morgan fingerprint density at radius 3 is 2.71 bits per heavy atom. The maximum absolute atomic E-state index is 12.9. The first-order valence-corrected chi connectivity index (χ1v) is 12.3. The van der Waals surface area contributed by atoms with Gasteiger partial charge in [-0.15, -0.1) is 10.2 Å². The summed E-state index contributed by atoms with van der Waals surface area (Å²) >= 11 is 8.75.